The molecule has 12 nitrogen and oxygen atoms in total. The molecule has 1 saturated carbocycles. The molecule has 51 heavy (non-hydrogen) atoms. The Morgan fingerprint density at radius 3 is 2.12 bits per heavy atom. The molecule has 14 heteroatoms. The number of piperidine rings is 2. The summed E-state index contributed by atoms with van der Waals surface area (Å²) in [6.07, 6.45) is 4.22. The number of nitrogens with one attached hydrogen (secondary N) is 2. The van der Waals surface area contributed by atoms with E-state index in [0.29, 0.717) is 45.2 Å². The summed E-state index contributed by atoms with van der Waals surface area (Å²) in [5, 5.41) is 5.26. The predicted octanol–water partition coefficient (Wildman–Crippen LogP) is 3.35. The van der Waals surface area contributed by atoms with Gasteiger partial charge in [-0.1, -0.05) is 27.7 Å². The molecule has 4 fully saturated rings. The molecule has 1 aromatic heterocycles. The minimum absolute atomic E-state index is 0.00000116. The van der Waals surface area contributed by atoms with Gasteiger partial charge in [0, 0.05) is 64.5 Å². The van der Waals surface area contributed by atoms with E-state index in [1.807, 2.05) is 9.80 Å². The van der Waals surface area contributed by atoms with E-state index in [2.05, 4.69) is 48.2 Å². The molecule has 1 unspecified atom stereocenters. The Morgan fingerprint density at radius 1 is 0.863 bits per heavy atom. The van der Waals surface area contributed by atoms with Crippen LogP contribution in [0, 0.1) is 28.4 Å². The van der Waals surface area contributed by atoms with Crippen LogP contribution in [0.1, 0.15) is 90.9 Å². The number of hydrogen-bond donors (Lipinski definition) is 2. The number of piperazine rings is 1. The highest BCUT2D eigenvalue weighted by molar-refractivity contribution is 6.23. The van der Waals surface area contributed by atoms with Crippen molar-refractivity contribution in [3.8, 4) is 0 Å². The molecule has 7 rings (SSSR count). The minimum atomic E-state index is -1.11. The summed E-state index contributed by atoms with van der Waals surface area (Å²) >= 11 is 0. The zero-order valence-corrected chi connectivity index (χ0v) is 29.6. The van der Waals surface area contributed by atoms with Crippen LogP contribution >= 0.6 is 0 Å². The van der Waals surface area contributed by atoms with Crippen molar-refractivity contribution in [2.75, 3.05) is 55.6 Å². The number of anilines is 2. The molecular formula is C37H45F2N7O5. The van der Waals surface area contributed by atoms with Gasteiger partial charge in [-0.3, -0.25) is 39.1 Å². The van der Waals surface area contributed by atoms with Crippen molar-refractivity contribution >= 4 is 41.0 Å². The monoisotopic (exact) mass is 705 g/mol. The molecule has 5 amide bonds. The summed E-state index contributed by atoms with van der Waals surface area (Å²) in [6.45, 7) is 13.1. The number of rotatable bonds is 7. The Hall–Kier alpha value is -4.46. The van der Waals surface area contributed by atoms with Crippen molar-refractivity contribution in [1.29, 1.82) is 0 Å². The van der Waals surface area contributed by atoms with Gasteiger partial charge in [-0.15, -0.1) is 0 Å². The number of pyridine rings is 1. The number of amides is 5. The van der Waals surface area contributed by atoms with Crippen LogP contribution in [0.15, 0.2) is 24.4 Å². The molecule has 0 spiro atoms. The first kappa shape index (κ1) is 35.0. The second-order valence-electron chi connectivity index (χ2n) is 16.1. The van der Waals surface area contributed by atoms with Crippen LogP contribution in [-0.2, 0) is 9.59 Å². The number of aromatic nitrogens is 1. The van der Waals surface area contributed by atoms with Gasteiger partial charge in [0.05, 0.1) is 22.4 Å². The number of benzene rings is 1. The average molecular weight is 706 g/mol. The van der Waals surface area contributed by atoms with Crippen LogP contribution in [0.5, 0.6) is 0 Å². The molecule has 5 aliphatic rings. The molecule has 1 aliphatic carbocycles. The van der Waals surface area contributed by atoms with Gasteiger partial charge < -0.3 is 15.1 Å². The van der Waals surface area contributed by atoms with Crippen LogP contribution < -0.4 is 20.4 Å². The van der Waals surface area contributed by atoms with Crippen LogP contribution in [-0.4, -0.2) is 102 Å². The Labute approximate surface area is 295 Å². The molecule has 272 valence electrons. The van der Waals surface area contributed by atoms with E-state index >= 15 is 8.78 Å². The SMILES string of the molecule is CC1(C)CC(C)(C)C1NC(=O)c1cnc(N2CCC(CN3CCN(c4cc5c(cc4F)C(=O)N(C4CCC(=O)NC4=O)C5=O)CC3)CC2)c(F)c1. The summed E-state index contributed by atoms with van der Waals surface area (Å²) in [5.74, 6) is -3.32. The lowest BCUT2D eigenvalue weighted by atomic mass is 9.52. The fourth-order valence-electron chi connectivity index (χ4n) is 9.28. The lowest BCUT2D eigenvalue weighted by Crippen LogP contribution is -2.63. The van der Waals surface area contributed by atoms with Crippen molar-refractivity contribution < 1.29 is 32.8 Å². The highest BCUT2D eigenvalue weighted by atomic mass is 19.1. The summed E-state index contributed by atoms with van der Waals surface area (Å²) in [5.41, 5.74) is 0.405. The zero-order chi connectivity index (χ0) is 36.4. The van der Waals surface area contributed by atoms with Gasteiger partial charge >= 0.3 is 0 Å². The fraction of sp³-hybridized carbons (Fsp3) is 0.568. The smallest absolute Gasteiger partial charge is 0.262 e. The van der Waals surface area contributed by atoms with E-state index in [1.54, 1.807) is 0 Å². The zero-order valence-electron chi connectivity index (χ0n) is 29.6. The number of nitrogens with zero attached hydrogens (tertiary/aromatic N) is 5. The van der Waals surface area contributed by atoms with E-state index < -0.39 is 41.3 Å². The number of carbonyl (C=O) groups excluding carboxylic acids is 5. The second-order valence-corrected chi connectivity index (χ2v) is 16.1. The molecule has 2 N–H and O–H groups in total. The Morgan fingerprint density at radius 2 is 1.51 bits per heavy atom. The molecule has 3 saturated heterocycles. The maximum Gasteiger partial charge on any atom is 0.262 e. The van der Waals surface area contributed by atoms with E-state index in [9.17, 15) is 24.0 Å². The molecule has 4 aliphatic heterocycles. The fourth-order valence-corrected chi connectivity index (χ4v) is 9.28. The molecule has 0 radical (unpaired) electrons. The number of fused-ring (bicyclic) bond motifs is 1. The molecule has 1 atom stereocenters. The third-order valence-electron chi connectivity index (χ3n) is 11.5. The first-order chi connectivity index (χ1) is 24.1. The topological polar surface area (TPSA) is 135 Å². The Bertz CT molecular complexity index is 1790. The molecule has 5 heterocycles. The number of imide groups is 2. The standard InChI is InChI=1S/C37H45F2N7O5/c1-36(2)20-37(3,4)35(36)42-31(48)22-15-26(39)30(40-18-22)45-9-7-21(8-10-45)19-43-11-13-44(14-12-43)28-17-24-23(16-25(28)38)33(50)46(34(24)51)27-5-6-29(47)41-32(27)49/h15-18,21,27,35H,5-14,19-20H2,1-4H3,(H,42,48)(H,41,47,49). The maximum absolute atomic E-state index is 15.4. The van der Waals surface area contributed by atoms with Crippen molar-refractivity contribution in [2.45, 2.75) is 71.9 Å². The Kier molecular flexibility index (Phi) is 8.87. The van der Waals surface area contributed by atoms with Crippen LogP contribution in [0.3, 0.4) is 0 Å². The third-order valence-corrected chi connectivity index (χ3v) is 11.5. The minimum Gasteiger partial charge on any atom is -0.367 e. The van der Waals surface area contributed by atoms with Crippen LogP contribution in [0.4, 0.5) is 20.3 Å². The van der Waals surface area contributed by atoms with Crippen molar-refractivity contribution in [3.63, 3.8) is 0 Å². The number of carbonyl (C=O) groups is 5. The van der Waals surface area contributed by atoms with Gasteiger partial charge in [-0.25, -0.2) is 13.8 Å². The average Bonchev–Trinajstić information content (AvgIpc) is 3.31. The van der Waals surface area contributed by atoms with E-state index in [0.717, 1.165) is 36.8 Å². The van der Waals surface area contributed by atoms with Crippen LogP contribution in [0.25, 0.3) is 0 Å². The highest BCUT2D eigenvalue weighted by Crippen LogP contribution is 2.53. The largest absolute Gasteiger partial charge is 0.367 e. The molecule has 1 aromatic carbocycles. The van der Waals surface area contributed by atoms with Crippen molar-refractivity contribution in [3.05, 3.63) is 52.7 Å². The van der Waals surface area contributed by atoms with Crippen LogP contribution in [0.2, 0.25) is 0 Å². The second kappa shape index (κ2) is 12.9. The third kappa shape index (κ3) is 6.47. The van der Waals surface area contributed by atoms with Gasteiger partial charge in [0.1, 0.15) is 11.9 Å². The maximum atomic E-state index is 15.4. The van der Waals surface area contributed by atoms with Crippen molar-refractivity contribution in [1.82, 2.24) is 25.4 Å². The van der Waals surface area contributed by atoms with Crippen molar-refractivity contribution in [2.24, 2.45) is 16.7 Å². The van der Waals surface area contributed by atoms with Gasteiger partial charge in [0.2, 0.25) is 11.8 Å². The lowest BCUT2D eigenvalue weighted by molar-refractivity contribution is -0.136. The summed E-state index contributed by atoms with van der Waals surface area (Å²) in [6, 6.07) is 2.66. The normalized spacial score (nSPS) is 24.0. The Balaban J connectivity index is 0.904. The summed E-state index contributed by atoms with van der Waals surface area (Å²) in [4.78, 5) is 74.6. The predicted molar refractivity (Wildman–Crippen MR) is 184 cm³/mol. The number of hydrogen-bond acceptors (Lipinski definition) is 9. The van der Waals surface area contributed by atoms with E-state index in [4.69, 9.17) is 0 Å². The van der Waals surface area contributed by atoms with Gasteiger partial charge in [-0.05, 0) is 60.6 Å². The quantitative estimate of drug-likeness (QED) is 0.416. The first-order valence-electron chi connectivity index (χ1n) is 17.9. The highest BCUT2D eigenvalue weighted by Gasteiger charge is 2.53. The summed E-state index contributed by atoms with van der Waals surface area (Å²) < 4.78 is 30.6. The van der Waals surface area contributed by atoms with E-state index in [1.165, 1.54) is 18.3 Å². The van der Waals surface area contributed by atoms with Gasteiger partial charge in [0.15, 0.2) is 11.6 Å². The molecular weight excluding hydrogens is 660 g/mol. The van der Waals surface area contributed by atoms with Gasteiger partial charge in [0.25, 0.3) is 17.7 Å². The number of halogens is 2. The first-order valence-corrected chi connectivity index (χ1v) is 17.9. The lowest BCUT2D eigenvalue weighted by Gasteiger charge is -2.57. The molecule has 2 aromatic rings. The van der Waals surface area contributed by atoms with Gasteiger partial charge in [-0.2, -0.15) is 0 Å². The van der Waals surface area contributed by atoms with E-state index in [-0.39, 0.29) is 63.8 Å². The molecule has 0 bridgehead atoms. The summed E-state index contributed by atoms with van der Waals surface area (Å²) in [7, 11) is 0.